The molecule has 7 N–H and O–H groups in total. The predicted octanol–water partition coefficient (Wildman–Crippen LogP) is 1.24. The van der Waals surface area contributed by atoms with Gasteiger partial charge in [-0.05, 0) is 18.6 Å². The Balaban J connectivity index is 1.77. The highest BCUT2D eigenvalue weighted by Crippen LogP contribution is 2.66. The molecule has 15 nitrogen and oxygen atoms in total. The first-order valence-electron chi connectivity index (χ1n) is 8.97. The molecule has 190 valence electrons. The lowest BCUT2D eigenvalue weighted by Gasteiger charge is -2.19. The first-order valence-corrected chi connectivity index (χ1v) is 13.9. The Morgan fingerprint density at radius 1 is 1.15 bits per heavy atom. The molecule has 6 atom stereocenters. The van der Waals surface area contributed by atoms with Crippen LogP contribution in [-0.4, -0.2) is 64.7 Å². The summed E-state index contributed by atoms with van der Waals surface area (Å²) in [4.78, 5) is 42.4. The van der Waals surface area contributed by atoms with E-state index in [0.717, 1.165) is 6.20 Å². The summed E-state index contributed by atoms with van der Waals surface area (Å²) in [6.07, 6.45) is -5.16. The quantitative estimate of drug-likeness (QED) is 0.176. The number of aliphatic hydroxyl groups excluding tert-OH is 2. The Morgan fingerprint density at radius 2 is 1.79 bits per heavy atom. The zero-order chi connectivity index (χ0) is 25.6. The van der Waals surface area contributed by atoms with E-state index in [9.17, 15) is 33.2 Å². The van der Waals surface area contributed by atoms with Gasteiger partial charge in [-0.3, -0.25) is 4.52 Å². The van der Waals surface area contributed by atoms with Crippen LogP contribution < -0.4 is 0 Å². The van der Waals surface area contributed by atoms with Gasteiger partial charge >= 0.3 is 23.5 Å². The highest BCUT2D eigenvalue weighted by Gasteiger charge is 2.46. The molecule has 34 heavy (non-hydrogen) atoms. The van der Waals surface area contributed by atoms with Crippen LogP contribution in [0.2, 0.25) is 0 Å². The fourth-order valence-corrected chi connectivity index (χ4v) is 6.40. The van der Waals surface area contributed by atoms with Gasteiger partial charge in [-0.25, -0.2) is 23.1 Å². The number of nitrogens with zero attached hydrogens (tertiary/aromatic N) is 1. The topological polar surface area (TPSA) is 238 Å². The largest absolute Gasteiger partial charge is 0.490 e. The minimum Gasteiger partial charge on any atom is -0.387 e. The van der Waals surface area contributed by atoms with Crippen LogP contribution in [0.15, 0.2) is 12.3 Å². The Kier molecular flexibility index (Phi) is 7.96. The lowest BCUT2D eigenvalue weighted by atomic mass is 10.0. The van der Waals surface area contributed by atoms with Gasteiger partial charge in [-0.1, -0.05) is 12.2 Å². The van der Waals surface area contributed by atoms with Gasteiger partial charge in [-0.15, -0.1) is 0 Å². The minimum atomic E-state index is -5.73. The van der Waals surface area contributed by atoms with E-state index < -0.39 is 60.3 Å². The predicted molar refractivity (Wildman–Crippen MR) is 111 cm³/mol. The van der Waals surface area contributed by atoms with Crippen molar-refractivity contribution in [3.05, 3.63) is 33.8 Å². The summed E-state index contributed by atoms with van der Waals surface area (Å²) in [5.41, 5.74) is 0.602. The molecule has 1 aliphatic rings. The number of aromatic amines is 1. The molecule has 1 fully saturated rings. The van der Waals surface area contributed by atoms with Crippen LogP contribution in [-0.2, 0) is 31.6 Å². The van der Waals surface area contributed by atoms with Crippen LogP contribution >= 0.6 is 35.7 Å². The van der Waals surface area contributed by atoms with Crippen molar-refractivity contribution in [3.8, 4) is 0 Å². The lowest BCUT2D eigenvalue weighted by Crippen LogP contribution is -2.33. The van der Waals surface area contributed by atoms with Gasteiger partial charge in [0, 0.05) is 10.9 Å². The molecule has 0 radical (unpaired) electrons. The molecule has 0 saturated carbocycles. The molecule has 0 spiro atoms. The van der Waals surface area contributed by atoms with Crippen LogP contribution in [0.3, 0.4) is 0 Å². The monoisotopic (exact) mass is 566 g/mol. The van der Waals surface area contributed by atoms with E-state index in [1.165, 1.54) is 13.0 Å². The van der Waals surface area contributed by atoms with E-state index in [1.807, 2.05) is 0 Å². The highest BCUT2D eigenvalue weighted by atomic mass is 32.1. The molecule has 2 aromatic rings. The number of hydrogen-bond acceptors (Lipinski definition) is 11. The van der Waals surface area contributed by atoms with Crippen molar-refractivity contribution >= 4 is 46.7 Å². The Hall–Kier alpha value is -1.00. The van der Waals surface area contributed by atoms with Crippen LogP contribution in [0.5, 0.6) is 0 Å². The molecule has 0 amide bonds. The molecular weight excluding hydrogens is 548 g/mol. The number of ether oxygens (including phenoxy) is 1. The number of aryl methyl sites for hydroxylation is 1. The summed E-state index contributed by atoms with van der Waals surface area (Å²) in [5.74, 6) is -0.606. The van der Waals surface area contributed by atoms with Gasteiger partial charge in [0.1, 0.15) is 40.5 Å². The van der Waals surface area contributed by atoms with Crippen molar-refractivity contribution in [1.29, 1.82) is 0 Å². The third-order valence-electron chi connectivity index (χ3n) is 4.61. The molecule has 3 unspecified atom stereocenters. The molecule has 0 aliphatic carbocycles. The van der Waals surface area contributed by atoms with E-state index in [-0.39, 0.29) is 21.4 Å². The number of nitrogens with one attached hydrogen (secondary N) is 1. The maximum absolute atomic E-state index is 13.9. The van der Waals surface area contributed by atoms with E-state index in [1.54, 1.807) is 0 Å². The van der Waals surface area contributed by atoms with Crippen molar-refractivity contribution < 1.29 is 65.8 Å². The van der Waals surface area contributed by atoms with Gasteiger partial charge in [0.15, 0.2) is 0 Å². The standard InChI is InChI=1S/C14H18FN2O13P3S/c1-5-6-2-7(14(34)17-13(6)16-3-8(5)15)12-11(19)10(18)9(28-12)4-27-32(23,24)30-33(25,26)29-31(20,21)22/h2-3,9-12,18-19H,4H2,1H3,(H,23,24)(H,25,26)(H,16,17,34)(H2,20,21,22)/t9-,10+,11?,12+/m1/s1. The number of hydrogen-bond donors (Lipinski definition) is 7. The molecule has 3 heterocycles. The van der Waals surface area contributed by atoms with E-state index >= 15 is 0 Å². The summed E-state index contributed by atoms with van der Waals surface area (Å²) in [6, 6.07) is 1.39. The maximum Gasteiger partial charge on any atom is 0.490 e. The molecule has 2 aromatic heterocycles. The SMILES string of the molecule is Cc1c(F)cnc2[nH]c(=S)c([C@@H]3O[C@H](COP(=O)(O)OP(=O)(O)OP(=O)(O)O)[C@H](O)C3O)cc12. The fourth-order valence-electron chi connectivity index (χ4n) is 3.10. The molecule has 3 rings (SSSR count). The summed E-state index contributed by atoms with van der Waals surface area (Å²) in [7, 11) is -16.8. The van der Waals surface area contributed by atoms with Crippen LogP contribution in [0.25, 0.3) is 11.0 Å². The van der Waals surface area contributed by atoms with Gasteiger partial charge in [0.05, 0.1) is 12.8 Å². The third-order valence-corrected chi connectivity index (χ3v) is 8.75. The minimum absolute atomic E-state index is 0.0378. The van der Waals surface area contributed by atoms with E-state index in [2.05, 4.69) is 23.1 Å². The van der Waals surface area contributed by atoms with E-state index in [4.69, 9.17) is 31.6 Å². The van der Waals surface area contributed by atoms with Crippen LogP contribution in [0, 0.1) is 17.4 Å². The molecule has 1 saturated heterocycles. The van der Waals surface area contributed by atoms with Crippen molar-refractivity contribution in [2.75, 3.05) is 6.61 Å². The van der Waals surface area contributed by atoms with Crippen LogP contribution in [0.1, 0.15) is 17.2 Å². The first-order chi connectivity index (χ1) is 15.5. The van der Waals surface area contributed by atoms with Crippen molar-refractivity contribution in [2.45, 2.75) is 31.3 Å². The molecule has 0 aromatic carbocycles. The molecule has 20 heteroatoms. The smallest absolute Gasteiger partial charge is 0.387 e. The Labute approximate surface area is 194 Å². The van der Waals surface area contributed by atoms with E-state index in [0.29, 0.717) is 5.39 Å². The summed E-state index contributed by atoms with van der Waals surface area (Å²) < 4.78 is 64.9. The fraction of sp³-hybridized carbons (Fsp3) is 0.429. The number of phosphoric acid groups is 3. The second-order valence-electron chi connectivity index (χ2n) is 7.01. The molecule has 1 aliphatic heterocycles. The summed E-state index contributed by atoms with van der Waals surface area (Å²) in [6.45, 7) is 0.490. The number of pyridine rings is 2. The van der Waals surface area contributed by atoms with Crippen molar-refractivity contribution in [1.82, 2.24) is 9.97 Å². The molecule has 0 bridgehead atoms. The van der Waals surface area contributed by atoms with Gasteiger partial charge in [0.25, 0.3) is 0 Å². The number of H-pyrrole nitrogens is 1. The Morgan fingerprint density at radius 3 is 2.41 bits per heavy atom. The van der Waals surface area contributed by atoms with Gasteiger partial charge in [0.2, 0.25) is 0 Å². The number of halogens is 1. The third kappa shape index (κ3) is 6.40. The van der Waals surface area contributed by atoms with Crippen LogP contribution in [0.4, 0.5) is 4.39 Å². The number of fused-ring (bicyclic) bond motifs is 1. The molecular formula is C14H18FN2O13P3S. The van der Waals surface area contributed by atoms with Crippen molar-refractivity contribution in [2.24, 2.45) is 0 Å². The number of phosphoric ester groups is 1. The number of rotatable bonds is 8. The lowest BCUT2D eigenvalue weighted by molar-refractivity contribution is -0.0224. The first kappa shape index (κ1) is 27.6. The zero-order valence-corrected chi connectivity index (χ0v) is 20.3. The summed E-state index contributed by atoms with van der Waals surface area (Å²) in [5, 5.41) is 21.0. The average Bonchev–Trinajstić information content (AvgIpc) is 2.95. The number of aromatic nitrogens is 2. The second kappa shape index (κ2) is 9.81. The van der Waals surface area contributed by atoms with Gasteiger partial charge < -0.3 is 39.5 Å². The van der Waals surface area contributed by atoms with Gasteiger partial charge in [-0.2, -0.15) is 8.62 Å². The normalized spacial score (nSPS) is 26.9. The highest BCUT2D eigenvalue weighted by molar-refractivity contribution is 7.71. The zero-order valence-electron chi connectivity index (χ0n) is 16.8. The Bertz CT molecular complexity index is 1300. The maximum atomic E-state index is 13.9. The second-order valence-corrected chi connectivity index (χ2v) is 11.8. The summed E-state index contributed by atoms with van der Waals surface area (Å²) >= 11 is 5.22. The number of aliphatic hydroxyl groups is 2. The average molecular weight is 566 g/mol. The van der Waals surface area contributed by atoms with Crippen molar-refractivity contribution in [3.63, 3.8) is 0 Å².